The van der Waals surface area contributed by atoms with E-state index in [1.54, 1.807) is 6.07 Å². The second-order valence-electron chi connectivity index (χ2n) is 8.48. The third-order valence-corrected chi connectivity index (χ3v) is 7.81. The predicted octanol–water partition coefficient (Wildman–Crippen LogP) is 3.76. The molecule has 1 fully saturated rings. The molecular formula is C24H22F5N5O3S. The highest BCUT2D eigenvalue weighted by atomic mass is 32.2. The molecule has 2 aromatic heterocycles. The van der Waals surface area contributed by atoms with E-state index in [2.05, 4.69) is 20.6 Å². The second-order valence-corrected chi connectivity index (χ2v) is 10.4. The van der Waals surface area contributed by atoms with Crippen LogP contribution in [0.1, 0.15) is 17.7 Å². The number of alkyl halides is 4. The summed E-state index contributed by atoms with van der Waals surface area (Å²) in [4.78, 5) is 20.4. The number of hydrogen-bond donors (Lipinski definition) is 2. The molecule has 1 saturated heterocycles. The number of benzene rings is 1. The first kappa shape index (κ1) is 27.4. The minimum absolute atomic E-state index is 0.0462. The van der Waals surface area contributed by atoms with Crippen LogP contribution in [0.2, 0.25) is 0 Å². The number of sulfonamides is 1. The maximum atomic E-state index is 14.2. The molecule has 1 aliphatic rings. The van der Waals surface area contributed by atoms with E-state index in [0.717, 1.165) is 34.6 Å². The smallest absolute Gasteiger partial charge is 0.373 e. The first-order valence-corrected chi connectivity index (χ1v) is 12.7. The summed E-state index contributed by atoms with van der Waals surface area (Å²) < 4.78 is 93.3. The van der Waals surface area contributed by atoms with Crippen molar-refractivity contribution in [2.75, 3.05) is 18.9 Å². The van der Waals surface area contributed by atoms with Crippen LogP contribution in [0, 0.1) is 5.82 Å². The van der Waals surface area contributed by atoms with E-state index in [9.17, 15) is 35.2 Å². The molecule has 1 aromatic carbocycles. The number of halogens is 5. The molecule has 202 valence electrons. The molecular weight excluding hydrogens is 533 g/mol. The summed E-state index contributed by atoms with van der Waals surface area (Å²) >= 11 is 0. The lowest BCUT2D eigenvalue weighted by atomic mass is 10.1. The molecule has 14 heteroatoms. The average Bonchev–Trinajstić information content (AvgIpc) is 3.29. The monoisotopic (exact) mass is 555 g/mol. The summed E-state index contributed by atoms with van der Waals surface area (Å²) in [7, 11) is -2.85. The quantitative estimate of drug-likeness (QED) is 0.431. The highest BCUT2D eigenvalue weighted by Crippen LogP contribution is 2.33. The first-order chi connectivity index (χ1) is 17.9. The van der Waals surface area contributed by atoms with Crippen molar-refractivity contribution in [2.24, 2.45) is 0 Å². The van der Waals surface area contributed by atoms with Crippen LogP contribution in [0.5, 0.6) is 0 Å². The molecule has 0 unspecified atom stereocenters. The fourth-order valence-corrected chi connectivity index (χ4v) is 5.68. The molecule has 0 bridgehead atoms. The fourth-order valence-electron chi connectivity index (χ4n) is 4.06. The standard InChI is InChI=1S/C24H22F5N5O3S/c1-30-22-18(6-7-21(33-22)24(27,28)29)19-10-14(8-9-31-19)12-32-23(35)20-11-16(26)13-34(20)38(36,37)17-4-2-15(25)3-5-17/h2-10,16,20H,11-13H2,1H3,(H,30,33)(H,32,35)/t16-,20+/m1/s1. The van der Waals surface area contributed by atoms with Crippen molar-refractivity contribution in [1.29, 1.82) is 0 Å². The van der Waals surface area contributed by atoms with Gasteiger partial charge in [-0.1, -0.05) is 0 Å². The molecule has 0 aliphatic carbocycles. The summed E-state index contributed by atoms with van der Waals surface area (Å²) in [6.07, 6.45) is -5.15. The molecule has 3 aromatic rings. The topological polar surface area (TPSA) is 104 Å². The average molecular weight is 556 g/mol. The van der Waals surface area contributed by atoms with Gasteiger partial charge in [-0.05, 0) is 54.1 Å². The number of pyridine rings is 2. The number of amides is 1. The zero-order valence-electron chi connectivity index (χ0n) is 19.8. The van der Waals surface area contributed by atoms with Gasteiger partial charge in [-0.3, -0.25) is 9.78 Å². The lowest BCUT2D eigenvalue weighted by Crippen LogP contribution is -2.45. The molecule has 0 radical (unpaired) electrons. The molecule has 2 atom stereocenters. The van der Waals surface area contributed by atoms with Crippen LogP contribution < -0.4 is 10.6 Å². The van der Waals surface area contributed by atoms with Gasteiger partial charge < -0.3 is 10.6 Å². The van der Waals surface area contributed by atoms with Crippen molar-refractivity contribution in [1.82, 2.24) is 19.6 Å². The van der Waals surface area contributed by atoms with Gasteiger partial charge in [-0.15, -0.1) is 0 Å². The molecule has 0 saturated carbocycles. The van der Waals surface area contributed by atoms with E-state index in [1.807, 2.05) is 0 Å². The molecule has 8 nitrogen and oxygen atoms in total. The van der Waals surface area contributed by atoms with Crippen molar-refractivity contribution in [3.8, 4) is 11.3 Å². The van der Waals surface area contributed by atoms with Gasteiger partial charge in [0.15, 0.2) is 0 Å². The van der Waals surface area contributed by atoms with Crippen LogP contribution in [0.4, 0.5) is 27.8 Å². The summed E-state index contributed by atoms with van der Waals surface area (Å²) in [6, 6.07) is 7.82. The van der Waals surface area contributed by atoms with Gasteiger partial charge in [-0.2, -0.15) is 17.5 Å². The van der Waals surface area contributed by atoms with Crippen molar-refractivity contribution in [3.05, 3.63) is 71.8 Å². The molecule has 38 heavy (non-hydrogen) atoms. The van der Waals surface area contributed by atoms with Gasteiger partial charge in [0.05, 0.1) is 10.6 Å². The lowest BCUT2D eigenvalue weighted by Gasteiger charge is -2.23. The zero-order valence-corrected chi connectivity index (χ0v) is 20.7. The summed E-state index contributed by atoms with van der Waals surface area (Å²) in [5.74, 6) is -1.43. The maximum absolute atomic E-state index is 14.2. The summed E-state index contributed by atoms with van der Waals surface area (Å²) in [5.41, 5.74) is 0.0127. The predicted molar refractivity (Wildman–Crippen MR) is 127 cm³/mol. The van der Waals surface area contributed by atoms with Crippen LogP contribution in [-0.2, 0) is 27.5 Å². The van der Waals surface area contributed by atoms with Crippen molar-refractivity contribution >= 4 is 21.7 Å². The number of carbonyl (C=O) groups excluding carboxylic acids is 1. The molecule has 4 rings (SSSR count). The van der Waals surface area contributed by atoms with E-state index < -0.39 is 52.4 Å². The van der Waals surface area contributed by atoms with Crippen LogP contribution in [0.25, 0.3) is 11.3 Å². The molecule has 2 N–H and O–H groups in total. The largest absolute Gasteiger partial charge is 0.433 e. The van der Waals surface area contributed by atoms with Gasteiger partial charge >= 0.3 is 6.18 Å². The number of nitrogens with zero attached hydrogens (tertiary/aromatic N) is 3. The molecule has 1 amide bonds. The number of anilines is 1. The zero-order chi connectivity index (χ0) is 27.7. The van der Waals surface area contributed by atoms with Crippen LogP contribution >= 0.6 is 0 Å². The van der Waals surface area contributed by atoms with Gasteiger partial charge in [0, 0.05) is 38.3 Å². The Kier molecular flexibility index (Phi) is 7.65. The van der Waals surface area contributed by atoms with Gasteiger partial charge in [-0.25, -0.2) is 22.2 Å². The Labute approximate surface area is 215 Å². The maximum Gasteiger partial charge on any atom is 0.433 e. The Morgan fingerprint density at radius 1 is 1.13 bits per heavy atom. The molecule has 0 spiro atoms. The van der Waals surface area contributed by atoms with Gasteiger partial charge in [0.25, 0.3) is 0 Å². The first-order valence-electron chi connectivity index (χ1n) is 11.3. The number of rotatable bonds is 7. The third kappa shape index (κ3) is 5.75. The van der Waals surface area contributed by atoms with E-state index in [4.69, 9.17) is 0 Å². The fraction of sp³-hybridized carbons (Fsp3) is 0.292. The Bertz CT molecular complexity index is 1430. The van der Waals surface area contributed by atoms with E-state index in [0.29, 0.717) is 11.1 Å². The van der Waals surface area contributed by atoms with Crippen molar-refractivity contribution < 1.29 is 35.2 Å². The lowest BCUT2D eigenvalue weighted by molar-refractivity contribution is -0.141. The van der Waals surface area contributed by atoms with Crippen molar-refractivity contribution in [3.63, 3.8) is 0 Å². The minimum atomic E-state index is -4.62. The Morgan fingerprint density at radius 2 is 1.84 bits per heavy atom. The van der Waals surface area contributed by atoms with E-state index >= 15 is 0 Å². The van der Waals surface area contributed by atoms with E-state index in [1.165, 1.54) is 25.4 Å². The van der Waals surface area contributed by atoms with Crippen LogP contribution in [0.3, 0.4) is 0 Å². The van der Waals surface area contributed by atoms with Gasteiger partial charge in [0.2, 0.25) is 15.9 Å². The Hall–Kier alpha value is -3.65. The number of carbonyl (C=O) groups is 1. The normalized spacial score (nSPS) is 18.4. The molecule has 1 aliphatic heterocycles. The minimum Gasteiger partial charge on any atom is -0.373 e. The van der Waals surface area contributed by atoms with Gasteiger partial charge in [0.1, 0.15) is 29.5 Å². The second kappa shape index (κ2) is 10.6. The van der Waals surface area contributed by atoms with Crippen molar-refractivity contribution in [2.45, 2.75) is 36.3 Å². The summed E-state index contributed by atoms with van der Waals surface area (Å²) in [5, 5.41) is 5.19. The highest BCUT2D eigenvalue weighted by molar-refractivity contribution is 7.89. The SMILES string of the molecule is CNc1nc(C(F)(F)F)ccc1-c1cc(CNC(=O)[C@@H]2C[C@@H](F)CN2S(=O)(=O)c2ccc(F)cc2)ccn1. The number of nitrogens with one attached hydrogen (secondary N) is 2. The van der Waals surface area contributed by atoms with Crippen LogP contribution in [-0.4, -0.2) is 54.4 Å². The molecule has 3 heterocycles. The summed E-state index contributed by atoms with van der Waals surface area (Å²) in [6.45, 7) is -0.611. The number of hydrogen-bond acceptors (Lipinski definition) is 6. The van der Waals surface area contributed by atoms with Crippen LogP contribution in [0.15, 0.2) is 59.6 Å². The Morgan fingerprint density at radius 3 is 2.50 bits per heavy atom. The third-order valence-electron chi connectivity index (χ3n) is 5.92. The number of aromatic nitrogens is 2. The Balaban J connectivity index is 1.51. The van der Waals surface area contributed by atoms with E-state index in [-0.39, 0.29) is 29.4 Å². The highest BCUT2D eigenvalue weighted by Gasteiger charge is 2.44.